The number of halogens is 1. The Morgan fingerprint density at radius 2 is 2.23 bits per heavy atom. The minimum atomic E-state index is -0.463. The number of aromatic nitrogens is 1. The molecule has 1 aromatic carbocycles. The van der Waals surface area contributed by atoms with Crippen molar-refractivity contribution in [2.24, 2.45) is 0 Å². The number of nitrogens with zero attached hydrogens (tertiary/aromatic N) is 3. The molecule has 22 heavy (non-hydrogen) atoms. The molecule has 0 spiro atoms. The maximum absolute atomic E-state index is 14.3. The molecule has 0 saturated heterocycles. The highest BCUT2D eigenvalue weighted by atomic mass is 19.1. The summed E-state index contributed by atoms with van der Waals surface area (Å²) < 4.78 is 14.3. The number of carbonyl (C=O) groups is 1. The molecule has 1 aromatic heterocycles. The molecule has 112 valence electrons. The van der Waals surface area contributed by atoms with Crippen molar-refractivity contribution in [3.05, 3.63) is 59.7 Å². The number of rotatable bonds is 6. The first-order chi connectivity index (χ1) is 10.6. The second-order valence-corrected chi connectivity index (χ2v) is 4.91. The Labute approximate surface area is 128 Å². The summed E-state index contributed by atoms with van der Waals surface area (Å²) in [7, 11) is 0. The van der Waals surface area contributed by atoms with Crippen LogP contribution in [-0.2, 0) is 6.54 Å². The molecule has 0 aliphatic heterocycles. The van der Waals surface area contributed by atoms with Gasteiger partial charge < -0.3 is 4.90 Å². The van der Waals surface area contributed by atoms with E-state index in [1.165, 1.54) is 13.0 Å². The number of anilines is 1. The third-order valence-corrected chi connectivity index (χ3v) is 3.28. The molecule has 0 radical (unpaired) electrons. The van der Waals surface area contributed by atoms with E-state index in [0.29, 0.717) is 24.3 Å². The van der Waals surface area contributed by atoms with Crippen LogP contribution in [0.25, 0.3) is 0 Å². The van der Waals surface area contributed by atoms with Gasteiger partial charge in [0.1, 0.15) is 5.82 Å². The topological polar surface area (TPSA) is 57.0 Å². The summed E-state index contributed by atoms with van der Waals surface area (Å²) in [5.74, 6) is -0.643. The van der Waals surface area contributed by atoms with E-state index in [4.69, 9.17) is 5.26 Å². The van der Waals surface area contributed by atoms with Crippen molar-refractivity contribution in [3.8, 4) is 6.07 Å². The predicted octanol–water partition coefficient (Wildman–Crippen LogP) is 3.34. The smallest absolute Gasteiger partial charge is 0.159 e. The van der Waals surface area contributed by atoms with Gasteiger partial charge in [-0.15, -0.1) is 0 Å². The maximum Gasteiger partial charge on any atom is 0.159 e. The van der Waals surface area contributed by atoms with E-state index >= 15 is 0 Å². The van der Waals surface area contributed by atoms with Gasteiger partial charge in [0.25, 0.3) is 0 Å². The fourth-order valence-electron chi connectivity index (χ4n) is 2.16. The largest absolute Gasteiger partial charge is 0.364 e. The van der Waals surface area contributed by atoms with Gasteiger partial charge in [-0.3, -0.25) is 9.78 Å². The number of carbonyl (C=O) groups excluding carboxylic acids is 1. The summed E-state index contributed by atoms with van der Waals surface area (Å²) in [6.45, 7) is 2.26. The third kappa shape index (κ3) is 3.89. The average Bonchev–Trinajstić information content (AvgIpc) is 2.52. The van der Waals surface area contributed by atoms with Crippen molar-refractivity contribution in [1.82, 2.24) is 4.98 Å². The molecule has 0 saturated carbocycles. The van der Waals surface area contributed by atoms with Crippen LogP contribution < -0.4 is 4.90 Å². The maximum atomic E-state index is 14.3. The molecule has 1 heterocycles. The SMILES string of the molecule is CC(=O)c1ccc(N(CCC#N)Cc2cccnc2)c(F)c1. The lowest BCUT2D eigenvalue weighted by Gasteiger charge is -2.24. The van der Waals surface area contributed by atoms with E-state index in [-0.39, 0.29) is 12.2 Å². The number of pyridine rings is 1. The molecular formula is C17H16FN3O. The Balaban J connectivity index is 2.29. The van der Waals surface area contributed by atoms with Crippen molar-refractivity contribution in [2.75, 3.05) is 11.4 Å². The van der Waals surface area contributed by atoms with Crippen LogP contribution in [0.5, 0.6) is 0 Å². The van der Waals surface area contributed by atoms with Gasteiger partial charge in [-0.05, 0) is 36.8 Å². The second-order valence-electron chi connectivity index (χ2n) is 4.91. The van der Waals surface area contributed by atoms with Gasteiger partial charge in [0.2, 0.25) is 0 Å². The van der Waals surface area contributed by atoms with Gasteiger partial charge in [0, 0.05) is 31.0 Å². The summed E-state index contributed by atoms with van der Waals surface area (Å²) in [6.07, 6.45) is 3.67. The molecule has 0 unspecified atom stereocenters. The molecule has 2 aromatic rings. The average molecular weight is 297 g/mol. The number of benzene rings is 1. The minimum Gasteiger partial charge on any atom is -0.364 e. The van der Waals surface area contributed by atoms with Crippen LogP contribution in [-0.4, -0.2) is 17.3 Å². The Morgan fingerprint density at radius 3 is 2.82 bits per heavy atom. The lowest BCUT2D eigenvalue weighted by molar-refractivity contribution is 0.101. The zero-order valence-electron chi connectivity index (χ0n) is 12.3. The molecule has 2 rings (SSSR count). The molecule has 4 nitrogen and oxygen atoms in total. The van der Waals surface area contributed by atoms with Crippen molar-refractivity contribution in [1.29, 1.82) is 5.26 Å². The zero-order chi connectivity index (χ0) is 15.9. The lowest BCUT2D eigenvalue weighted by Crippen LogP contribution is -2.25. The lowest BCUT2D eigenvalue weighted by atomic mass is 10.1. The van der Waals surface area contributed by atoms with Gasteiger partial charge in [-0.25, -0.2) is 4.39 Å². The summed E-state index contributed by atoms with van der Waals surface area (Å²) in [5.41, 5.74) is 1.64. The first-order valence-corrected chi connectivity index (χ1v) is 6.93. The summed E-state index contributed by atoms with van der Waals surface area (Å²) in [5, 5.41) is 8.79. The van der Waals surface area contributed by atoms with Crippen LogP contribution in [0.3, 0.4) is 0 Å². The quantitative estimate of drug-likeness (QED) is 0.767. The predicted molar refractivity (Wildman–Crippen MR) is 81.9 cm³/mol. The highest BCUT2D eigenvalue weighted by molar-refractivity contribution is 5.94. The number of nitriles is 1. The molecule has 0 bridgehead atoms. The Kier molecular flexibility index (Phi) is 5.21. The van der Waals surface area contributed by atoms with E-state index in [9.17, 15) is 9.18 Å². The van der Waals surface area contributed by atoms with E-state index in [1.807, 2.05) is 12.1 Å². The molecule has 5 heteroatoms. The van der Waals surface area contributed by atoms with Gasteiger partial charge >= 0.3 is 0 Å². The molecule has 0 atom stereocenters. The van der Waals surface area contributed by atoms with Gasteiger partial charge in [-0.1, -0.05) is 6.07 Å². The molecule has 0 aliphatic carbocycles. The van der Waals surface area contributed by atoms with Crippen molar-refractivity contribution in [2.45, 2.75) is 19.9 Å². The molecule has 0 aliphatic rings. The second kappa shape index (κ2) is 7.32. The van der Waals surface area contributed by atoms with Gasteiger partial charge in [0.05, 0.1) is 18.2 Å². The Bertz CT molecular complexity index is 695. The van der Waals surface area contributed by atoms with E-state index in [0.717, 1.165) is 5.56 Å². The highest BCUT2D eigenvalue weighted by Crippen LogP contribution is 2.23. The first-order valence-electron chi connectivity index (χ1n) is 6.93. The Hall–Kier alpha value is -2.74. The van der Waals surface area contributed by atoms with E-state index in [1.54, 1.807) is 29.4 Å². The molecular weight excluding hydrogens is 281 g/mol. The number of ketones is 1. The standard InChI is InChI=1S/C17H16FN3O/c1-13(22)15-5-6-17(16(18)10-15)21(9-3-7-19)12-14-4-2-8-20-11-14/h2,4-6,8,10-11H,3,9,12H2,1H3. The third-order valence-electron chi connectivity index (χ3n) is 3.28. The zero-order valence-corrected chi connectivity index (χ0v) is 12.3. The van der Waals surface area contributed by atoms with Crippen molar-refractivity contribution >= 4 is 11.5 Å². The molecule has 0 N–H and O–H groups in total. The van der Waals surface area contributed by atoms with Crippen LogP contribution >= 0.6 is 0 Å². The van der Waals surface area contributed by atoms with Crippen LogP contribution in [0.1, 0.15) is 29.3 Å². The molecule has 0 fully saturated rings. The number of hydrogen-bond donors (Lipinski definition) is 0. The molecule has 0 amide bonds. The van der Waals surface area contributed by atoms with E-state index < -0.39 is 5.82 Å². The van der Waals surface area contributed by atoms with Gasteiger partial charge in [-0.2, -0.15) is 5.26 Å². The summed E-state index contributed by atoms with van der Waals surface area (Å²) in [4.78, 5) is 17.1. The fourth-order valence-corrected chi connectivity index (χ4v) is 2.16. The number of hydrogen-bond acceptors (Lipinski definition) is 4. The van der Waals surface area contributed by atoms with Crippen LogP contribution in [0, 0.1) is 17.1 Å². The van der Waals surface area contributed by atoms with Gasteiger partial charge in [0.15, 0.2) is 5.78 Å². The highest BCUT2D eigenvalue weighted by Gasteiger charge is 2.14. The fraction of sp³-hybridized carbons (Fsp3) is 0.235. The minimum absolute atomic E-state index is 0.179. The van der Waals surface area contributed by atoms with Crippen LogP contribution in [0.4, 0.5) is 10.1 Å². The van der Waals surface area contributed by atoms with Crippen molar-refractivity contribution in [3.63, 3.8) is 0 Å². The number of Topliss-reactive ketones (excluding diaryl/α,β-unsaturated/α-hetero) is 1. The normalized spacial score (nSPS) is 10.0. The summed E-state index contributed by atoms with van der Waals surface area (Å²) in [6, 6.07) is 10.2. The summed E-state index contributed by atoms with van der Waals surface area (Å²) >= 11 is 0. The van der Waals surface area contributed by atoms with Crippen LogP contribution in [0.2, 0.25) is 0 Å². The monoisotopic (exact) mass is 297 g/mol. The van der Waals surface area contributed by atoms with Crippen LogP contribution in [0.15, 0.2) is 42.7 Å². The van der Waals surface area contributed by atoms with E-state index in [2.05, 4.69) is 11.1 Å². The first kappa shape index (κ1) is 15.6. The van der Waals surface area contributed by atoms with Crippen molar-refractivity contribution < 1.29 is 9.18 Å². The Morgan fingerprint density at radius 1 is 1.41 bits per heavy atom.